The van der Waals surface area contributed by atoms with E-state index in [2.05, 4.69) is 5.32 Å². The highest BCUT2D eigenvalue weighted by atomic mass is 32.2. The summed E-state index contributed by atoms with van der Waals surface area (Å²) in [4.78, 5) is 26.8. The smallest absolute Gasteiger partial charge is 0.255 e. The largest absolute Gasteiger partial charge is 0.484 e. The van der Waals surface area contributed by atoms with Crippen LogP contribution in [0.25, 0.3) is 0 Å². The molecule has 7 nitrogen and oxygen atoms in total. The third kappa shape index (κ3) is 3.54. The number of likely N-dealkylation sites (tertiary alicyclic amines) is 1. The number of amides is 2. The second kappa shape index (κ2) is 6.51. The Morgan fingerprint density at radius 2 is 2.04 bits per heavy atom. The van der Waals surface area contributed by atoms with E-state index in [1.165, 1.54) is 0 Å². The van der Waals surface area contributed by atoms with Gasteiger partial charge in [0.1, 0.15) is 11.4 Å². The molecule has 2 saturated heterocycles. The second-order valence-corrected chi connectivity index (χ2v) is 10.1. The molecule has 0 aliphatic carbocycles. The Labute approximate surface area is 159 Å². The molecule has 0 saturated carbocycles. The number of carbonyl (C=O) groups excluding carboxylic acids is 2. The molecule has 1 spiro atoms. The summed E-state index contributed by atoms with van der Waals surface area (Å²) in [5.74, 6) is 0.0267. The average molecular weight is 392 g/mol. The highest BCUT2D eigenvalue weighted by Gasteiger charge is 2.43. The van der Waals surface area contributed by atoms with Gasteiger partial charge in [-0.25, -0.2) is 8.42 Å². The summed E-state index contributed by atoms with van der Waals surface area (Å²) < 4.78 is 29.6. The Kier molecular flexibility index (Phi) is 4.41. The molecule has 2 amide bonds. The minimum Gasteiger partial charge on any atom is -0.484 e. The van der Waals surface area contributed by atoms with Crippen molar-refractivity contribution in [3.8, 4) is 5.75 Å². The molecule has 0 aromatic heterocycles. The van der Waals surface area contributed by atoms with Crippen LogP contribution in [0.3, 0.4) is 0 Å². The number of aryl methyl sites for hydroxylation is 1. The van der Waals surface area contributed by atoms with E-state index in [4.69, 9.17) is 4.74 Å². The number of hydrogen-bond donors (Lipinski definition) is 1. The molecule has 1 N–H and O–H groups in total. The van der Waals surface area contributed by atoms with Crippen LogP contribution in [0.2, 0.25) is 0 Å². The van der Waals surface area contributed by atoms with E-state index in [0.29, 0.717) is 50.2 Å². The van der Waals surface area contributed by atoms with Crippen molar-refractivity contribution in [3.63, 3.8) is 0 Å². The molecule has 8 heteroatoms. The lowest BCUT2D eigenvalue weighted by molar-refractivity contribution is -0.138. The van der Waals surface area contributed by atoms with Crippen molar-refractivity contribution in [2.75, 3.05) is 31.1 Å². The Hall–Kier alpha value is -2.09. The fourth-order valence-corrected chi connectivity index (χ4v) is 5.91. The van der Waals surface area contributed by atoms with Gasteiger partial charge in [0.2, 0.25) is 5.91 Å². The lowest BCUT2D eigenvalue weighted by Gasteiger charge is -2.41. The van der Waals surface area contributed by atoms with E-state index in [1.54, 1.807) is 4.90 Å². The van der Waals surface area contributed by atoms with E-state index < -0.39 is 21.4 Å². The van der Waals surface area contributed by atoms with Crippen molar-refractivity contribution in [3.05, 3.63) is 29.3 Å². The number of benzene rings is 1. The molecule has 1 aromatic rings. The molecule has 0 bridgehead atoms. The predicted molar refractivity (Wildman–Crippen MR) is 99.4 cm³/mol. The van der Waals surface area contributed by atoms with Crippen LogP contribution in [-0.4, -0.2) is 61.9 Å². The second-order valence-electron chi connectivity index (χ2n) is 7.89. The molecule has 2 fully saturated rings. The predicted octanol–water partition coefficient (Wildman–Crippen LogP) is 0.913. The maximum absolute atomic E-state index is 12.7. The molecule has 1 atom stereocenters. The van der Waals surface area contributed by atoms with Crippen molar-refractivity contribution in [1.29, 1.82) is 0 Å². The lowest BCUT2D eigenvalue weighted by atomic mass is 9.90. The Balaban J connectivity index is 1.46. The van der Waals surface area contributed by atoms with Gasteiger partial charge >= 0.3 is 0 Å². The first-order valence-electron chi connectivity index (χ1n) is 9.34. The molecule has 4 rings (SSSR count). The number of fused-ring (bicyclic) bond motifs is 1. The SMILES string of the molecule is Cc1ccc2c(c1)C(=O)NCC1(CCN(C(=O)[C@@H]3CCS(=O)(=O)C3)CC1)O2. The average Bonchev–Trinajstić information content (AvgIpc) is 2.95. The van der Waals surface area contributed by atoms with Gasteiger partial charge in [-0.1, -0.05) is 11.6 Å². The standard InChI is InChI=1S/C19H24N2O5S/c1-13-2-3-16-15(10-13)17(22)20-12-19(26-16)5-7-21(8-6-19)18(23)14-4-9-27(24,25)11-14/h2-3,10,14H,4-9,11-12H2,1H3,(H,20,22)/t14-/m1/s1. The first kappa shape index (κ1) is 18.3. The van der Waals surface area contributed by atoms with Gasteiger partial charge in [-0.2, -0.15) is 0 Å². The molecule has 0 unspecified atom stereocenters. The van der Waals surface area contributed by atoms with Gasteiger partial charge in [0.25, 0.3) is 5.91 Å². The molecule has 0 radical (unpaired) electrons. The van der Waals surface area contributed by atoms with E-state index in [0.717, 1.165) is 5.56 Å². The molecule has 3 aliphatic rings. The summed E-state index contributed by atoms with van der Waals surface area (Å²) >= 11 is 0. The van der Waals surface area contributed by atoms with E-state index in [-0.39, 0.29) is 23.3 Å². The number of sulfone groups is 1. The Morgan fingerprint density at radius 3 is 2.70 bits per heavy atom. The first-order chi connectivity index (χ1) is 12.8. The van der Waals surface area contributed by atoms with Crippen LogP contribution in [0.1, 0.15) is 35.2 Å². The highest BCUT2D eigenvalue weighted by molar-refractivity contribution is 7.91. The first-order valence-corrected chi connectivity index (χ1v) is 11.2. The number of piperidine rings is 1. The van der Waals surface area contributed by atoms with Crippen molar-refractivity contribution in [2.45, 2.75) is 31.8 Å². The number of nitrogens with zero attached hydrogens (tertiary/aromatic N) is 1. The van der Waals surface area contributed by atoms with Crippen molar-refractivity contribution >= 4 is 21.7 Å². The van der Waals surface area contributed by atoms with E-state index in [1.807, 2.05) is 25.1 Å². The molecule has 27 heavy (non-hydrogen) atoms. The summed E-state index contributed by atoms with van der Waals surface area (Å²) in [6, 6.07) is 5.57. The van der Waals surface area contributed by atoms with E-state index in [9.17, 15) is 18.0 Å². The van der Waals surface area contributed by atoms with Gasteiger partial charge in [0, 0.05) is 25.9 Å². The Morgan fingerprint density at radius 1 is 1.30 bits per heavy atom. The summed E-state index contributed by atoms with van der Waals surface area (Å²) in [6.07, 6.45) is 1.62. The van der Waals surface area contributed by atoms with Crippen molar-refractivity contribution in [1.82, 2.24) is 10.2 Å². The topological polar surface area (TPSA) is 92.8 Å². The van der Waals surface area contributed by atoms with Gasteiger partial charge in [0.05, 0.1) is 29.5 Å². The summed E-state index contributed by atoms with van der Waals surface area (Å²) in [5, 5.41) is 2.95. The van der Waals surface area contributed by atoms with E-state index >= 15 is 0 Å². The number of ether oxygens (including phenoxy) is 1. The van der Waals surface area contributed by atoms with Gasteiger partial charge in [-0.3, -0.25) is 9.59 Å². The number of rotatable bonds is 1. The highest BCUT2D eigenvalue weighted by Crippen LogP contribution is 2.34. The van der Waals surface area contributed by atoms with Crippen molar-refractivity contribution < 1.29 is 22.7 Å². The van der Waals surface area contributed by atoms with Crippen LogP contribution in [0.15, 0.2) is 18.2 Å². The quantitative estimate of drug-likeness (QED) is 0.767. The van der Waals surface area contributed by atoms with Crippen LogP contribution in [0, 0.1) is 12.8 Å². The third-order valence-electron chi connectivity index (χ3n) is 5.85. The number of hydrogen-bond acceptors (Lipinski definition) is 5. The summed E-state index contributed by atoms with van der Waals surface area (Å²) in [6.45, 7) is 3.35. The fraction of sp³-hybridized carbons (Fsp3) is 0.579. The number of nitrogens with one attached hydrogen (secondary N) is 1. The fourth-order valence-electron chi connectivity index (χ4n) is 4.18. The minimum absolute atomic E-state index is 0.0350. The minimum atomic E-state index is -3.07. The maximum Gasteiger partial charge on any atom is 0.255 e. The monoisotopic (exact) mass is 392 g/mol. The molecule has 146 valence electrons. The van der Waals surface area contributed by atoms with Gasteiger partial charge in [-0.15, -0.1) is 0 Å². The van der Waals surface area contributed by atoms with Crippen molar-refractivity contribution in [2.24, 2.45) is 5.92 Å². The van der Waals surface area contributed by atoms with Crippen LogP contribution in [0.4, 0.5) is 0 Å². The van der Waals surface area contributed by atoms with Crippen LogP contribution in [-0.2, 0) is 14.6 Å². The van der Waals surface area contributed by atoms with Crippen LogP contribution < -0.4 is 10.1 Å². The van der Waals surface area contributed by atoms with Crippen LogP contribution in [0.5, 0.6) is 5.75 Å². The Bertz CT molecular complexity index is 887. The summed E-state index contributed by atoms with van der Waals surface area (Å²) in [7, 11) is -3.07. The molecule has 3 aliphatic heterocycles. The molecular formula is C19H24N2O5S. The molecule has 1 aromatic carbocycles. The normalized spacial score (nSPS) is 26.0. The zero-order valence-corrected chi connectivity index (χ0v) is 16.2. The van der Waals surface area contributed by atoms with Gasteiger partial charge in [-0.05, 0) is 25.5 Å². The lowest BCUT2D eigenvalue weighted by Crippen LogP contribution is -2.55. The maximum atomic E-state index is 12.7. The zero-order valence-electron chi connectivity index (χ0n) is 15.4. The van der Waals surface area contributed by atoms with Crippen LogP contribution >= 0.6 is 0 Å². The van der Waals surface area contributed by atoms with Gasteiger partial charge in [0.15, 0.2) is 9.84 Å². The summed E-state index contributed by atoms with van der Waals surface area (Å²) in [5.41, 5.74) is 1.01. The molecular weight excluding hydrogens is 368 g/mol. The number of carbonyl (C=O) groups is 2. The third-order valence-corrected chi connectivity index (χ3v) is 7.61. The van der Waals surface area contributed by atoms with Gasteiger partial charge < -0.3 is 15.0 Å². The zero-order chi connectivity index (χ0) is 19.2. The molecule has 3 heterocycles.